The van der Waals surface area contributed by atoms with Crippen molar-refractivity contribution in [1.29, 1.82) is 0 Å². The fraction of sp³-hybridized carbons (Fsp3) is 0.462. The summed E-state index contributed by atoms with van der Waals surface area (Å²) in [5.41, 5.74) is 3.16. The number of nitrogens with zero attached hydrogens (tertiary/aromatic N) is 4. The van der Waals surface area contributed by atoms with Crippen LogP contribution in [-0.2, 0) is 29.0 Å². The first-order valence-corrected chi connectivity index (χ1v) is 15.2. The Bertz CT molecular complexity index is 1370. The monoisotopic (exact) mass is 541 g/mol. The Morgan fingerprint density at radius 3 is 2.81 bits per heavy atom. The van der Waals surface area contributed by atoms with Gasteiger partial charge in [0.25, 0.3) is 0 Å². The summed E-state index contributed by atoms with van der Waals surface area (Å²) in [4.78, 5) is 19.9. The molecule has 0 aliphatic carbocycles. The van der Waals surface area contributed by atoms with Crippen molar-refractivity contribution >= 4 is 56.6 Å². The minimum Gasteiger partial charge on any atom is -0.369 e. The highest BCUT2D eigenvalue weighted by atomic mass is 32.2. The van der Waals surface area contributed by atoms with Crippen LogP contribution >= 0.6 is 34.9 Å². The molecule has 1 atom stereocenters. The minimum absolute atomic E-state index is 0.00625. The van der Waals surface area contributed by atoms with E-state index in [1.165, 1.54) is 27.8 Å². The zero-order valence-electron chi connectivity index (χ0n) is 20.9. The number of nitrogens with one attached hydrogen (secondary N) is 1. The summed E-state index contributed by atoms with van der Waals surface area (Å²) in [5.74, 6) is 1.24. The number of rotatable bonds is 10. The van der Waals surface area contributed by atoms with Gasteiger partial charge in [0.15, 0.2) is 16.0 Å². The van der Waals surface area contributed by atoms with Gasteiger partial charge in [0.2, 0.25) is 5.91 Å². The largest absolute Gasteiger partial charge is 0.369 e. The van der Waals surface area contributed by atoms with Gasteiger partial charge in [0.05, 0.1) is 23.3 Å². The van der Waals surface area contributed by atoms with E-state index in [4.69, 9.17) is 9.72 Å². The van der Waals surface area contributed by atoms with Crippen LogP contribution in [-0.4, -0.2) is 49.1 Å². The lowest BCUT2D eigenvalue weighted by Crippen LogP contribution is -2.33. The normalized spacial score (nSPS) is 17.5. The Labute approximate surface area is 223 Å². The van der Waals surface area contributed by atoms with Crippen LogP contribution in [0.25, 0.3) is 15.9 Å². The van der Waals surface area contributed by atoms with Crippen LogP contribution in [0.2, 0.25) is 0 Å². The summed E-state index contributed by atoms with van der Waals surface area (Å²) in [5, 5.41) is 14.8. The summed E-state index contributed by atoms with van der Waals surface area (Å²) in [6.45, 7) is 7.74. The van der Waals surface area contributed by atoms with Crippen molar-refractivity contribution in [2.45, 2.75) is 69.0 Å². The lowest BCUT2D eigenvalue weighted by molar-refractivity contribution is -0.118. The molecule has 1 amide bonds. The number of ether oxygens (including phenoxy) is 1. The molecule has 4 heterocycles. The van der Waals surface area contributed by atoms with E-state index < -0.39 is 0 Å². The van der Waals surface area contributed by atoms with E-state index in [1.54, 1.807) is 23.1 Å². The Kier molecular flexibility index (Phi) is 7.85. The molecule has 0 fully saturated rings. The number of fused-ring (bicyclic) bond motifs is 5. The first kappa shape index (κ1) is 25.5. The van der Waals surface area contributed by atoms with E-state index in [-0.39, 0.29) is 17.3 Å². The predicted octanol–water partition coefficient (Wildman–Crippen LogP) is 5.53. The molecule has 1 aliphatic heterocycles. The molecular weight excluding hydrogens is 511 g/mol. The SMILES string of the molecule is CCCSc1nc2sc3c(c2c2nnc(SCC(=O)NCCc4ccccc4)n12)CC(C)(CC)OC3. The Morgan fingerprint density at radius 1 is 1.19 bits per heavy atom. The van der Waals surface area contributed by atoms with E-state index in [2.05, 4.69) is 52.8 Å². The molecule has 1 aliphatic rings. The molecule has 10 heteroatoms. The van der Waals surface area contributed by atoms with Crippen LogP contribution in [0.15, 0.2) is 40.6 Å². The van der Waals surface area contributed by atoms with Crippen molar-refractivity contribution in [2.75, 3.05) is 18.1 Å². The number of carbonyl (C=O) groups excluding carboxylic acids is 1. The Morgan fingerprint density at radius 2 is 2.03 bits per heavy atom. The van der Waals surface area contributed by atoms with Gasteiger partial charge in [-0.1, -0.05) is 67.7 Å². The molecular formula is C26H31N5O2S3. The number of benzene rings is 1. The van der Waals surface area contributed by atoms with Gasteiger partial charge < -0.3 is 10.1 Å². The van der Waals surface area contributed by atoms with Gasteiger partial charge in [-0.25, -0.2) is 9.38 Å². The topological polar surface area (TPSA) is 81.4 Å². The maximum Gasteiger partial charge on any atom is 0.230 e. The van der Waals surface area contributed by atoms with Crippen molar-refractivity contribution in [3.8, 4) is 0 Å². The molecule has 1 N–H and O–H groups in total. The number of thiophene rings is 1. The molecule has 1 unspecified atom stereocenters. The molecule has 7 nitrogen and oxygen atoms in total. The summed E-state index contributed by atoms with van der Waals surface area (Å²) < 4.78 is 8.25. The molecule has 4 aromatic rings. The standard InChI is InChI=1S/C26H31N5O2S3/c1-4-13-34-24-28-23-21(18-14-26(3,5-2)33-15-19(18)36-23)22-29-30-25(31(22)24)35-16-20(32)27-12-11-17-9-7-6-8-10-17/h6-10H,4-5,11-16H2,1-3H3,(H,27,32). The summed E-state index contributed by atoms with van der Waals surface area (Å²) in [6, 6.07) is 10.2. The van der Waals surface area contributed by atoms with E-state index in [1.807, 2.05) is 18.2 Å². The first-order valence-electron chi connectivity index (χ1n) is 12.4. The van der Waals surface area contributed by atoms with Gasteiger partial charge in [0, 0.05) is 23.6 Å². The number of hydrogen-bond acceptors (Lipinski definition) is 8. The van der Waals surface area contributed by atoms with Crippen molar-refractivity contribution in [3.63, 3.8) is 0 Å². The molecule has 1 aromatic carbocycles. The third-order valence-electron chi connectivity index (χ3n) is 6.51. The van der Waals surface area contributed by atoms with Gasteiger partial charge in [-0.15, -0.1) is 21.5 Å². The zero-order chi connectivity index (χ0) is 25.1. The second-order valence-corrected chi connectivity index (χ2v) is 12.3. The van der Waals surface area contributed by atoms with E-state index in [0.717, 1.165) is 52.5 Å². The molecule has 190 valence electrons. The highest BCUT2D eigenvalue weighted by molar-refractivity contribution is 8.00. The van der Waals surface area contributed by atoms with Gasteiger partial charge in [-0.2, -0.15) is 0 Å². The number of aromatic nitrogens is 4. The van der Waals surface area contributed by atoms with Crippen molar-refractivity contribution < 1.29 is 9.53 Å². The van der Waals surface area contributed by atoms with Gasteiger partial charge in [0.1, 0.15) is 4.83 Å². The number of thioether (sulfide) groups is 2. The average Bonchev–Trinajstić information content (AvgIpc) is 3.47. The molecule has 0 saturated carbocycles. The maximum absolute atomic E-state index is 12.6. The van der Waals surface area contributed by atoms with E-state index >= 15 is 0 Å². The third-order valence-corrected chi connectivity index (χ3v) is 9.69. The summed E-state index contributed by atoms with van der Waals surface area (Å²) >= 11 is 4.83. The number of hydrogen-bond donors (Lipinski definition) is 1. The highest BCUT2D eigenvalue weighted by Gasteiger charge is 2.33. The zero-order valence-corrected chi connectivity index (χ0v) is 23.3. The van der Waals surface area contributed by atoms with Crippen molar-refractivity contribution in [1.82, 2.24) is 24.9 Å². The van der Waals surface area contributed by atoms with Crippen LogP contribution < -0.4 is 5.32 Å². The average molecular weight is 542 g/mol. The summed E-state index contributed by atoms with van der Waals surface area (Å²) in [7, 11) is 0. The quantitative estimate of drug-likeness (QED) is 0.209. The smallest absolute Gasteiger partial charge is 0.230 e. The fourth-order valence-corrected chi connectivity index (χ4v) is 7.12. The van der Waals surface area contributed by atoms with Gasteiger partial charge >= 0.3 is 0 Å². The Balaban J connectivity index is 1.39. The van der Waals surface area contributed by atoms with E-state index in [9.17, 15) is 4.79 Å². The third kappa shape index (κ3) is 5.27. The highest BCUT2D eigenvalue weighted by Crippen LogP contribution is 2.42. The first-order chi connectivity index (χ1) is 17.5. The molecule has 0 radical (unpaired) electrons. The van der Waals surface area contributed by atoms with E-state index in [0.29, 0.717) is 18.3 Å². The molecule has 3 aromatic heterocycles. The van der Waals surface area contributed by atoms with Gasteiger partial charge in [-0.05, 0) is 37.3 Å². The Hall–Kier alpha value is -2.14. The lowest BCUT2D eigenvalue weighted by atomic mass is 9.90. The lowest BCUT2D eigenvalue weighted by Gasteiger charge is -2.33. The molecule has 0 spiro atoms. The van der Waals surface area contributed by atoms with Crippen molar-refractivity contribution in [2.24, 2.45) is 0 Å². The minimum atomic E-state index is -0.178. The van der Waals surface area contributed by atoms with Crippen LogP contribution in [0.5, 0.6) is 0 Å². The van der Waals surface area contributed by atoms with Crippen molar-refractivity contribution in [3.05, 3.63) is 46.3 Å². The van der Waals surface area contributed by atoms with Crippen LogP contribution in [0.4, 0.5) is 0 Å². The van der Waals surface area contributed by atoms with Crippen LogP contribution in [0, 0.1) is 0 Å². The number of amides is 1. The fourth-order valence-electron chi connectivity index (χ4n) is 4.30. The number of carbonyl (C=O) groups is 1. The van der Waals surface area contributed by atoms with Crippen LogP contribution in [0.3, 0.4) is 0 Å². The molecule has 5 rings (SSSR count). The van der Waals surface area contributed by atoms with Crippen LogP contribution in [0.1, 0.15) is 49.6 Å². The second-order valence-electron chi connectivity index (χ2n) is 9.21. The van der Waals surface area contributed by atoms with Gasteiger partial charge in [-0.3, -0.25) is 4.79 Å². The predicted molar refractivity (Wildman–Crippen MR) is 148 cm³/mol. The summed E-state index contributed by atoms with van der Waals surface area (Å²) in [6.07, 6.45) is 3.65. The molecule has 0 saturated heterocycles. The second kappa shape index (κ2) is 11.1. The maximum atomic E-state index is 12.6. The molecule has 36 heavy (non-hydrogen) atoms. The molecule has 0 bridgehead atoms.